The van der Waals surface area contributed by atoms with Gasteiger partial charge < -0.3 is 5.32 Å². The van der Waals surface area contributed by atoms with Crippen LogP contribution in [0, 0.1) is 10.1 Å². The summed E-state index contributed by atoms with van der Waals surface area (Å²) in [5, 5.41) is 14.0. The predicted molar refractivity (Wildman–Crippen MR) is 78.6 cm³/mol. The van der Waals surface area contributed by atoms with E-state index in [0.717, 1.165) is 5.56 Å². The fourth-order valence-electron chi connectivity index (χ4n) is 1.72. The van der Waals surface area contributed by atoms with E-state index in [1.807, 2.05) is 30.5 Å². The zero-order valence-electron chi connectivity index (χ0n) is 10.5. The molecule has 0 spiro atoms. The Kier molecular flexibility index (Phi) is 4.41. The molecule has 4 nitrogen and oxygen atoms in total. The van der Waals surface area contributed by atoms with E-state index in [4.69, 9.17) is 0 Å². The molecule has 0 saturated heterocycles. The Labute approximate surface area is 116 Å². The lowest BCUT2D eigenvalue weighted by atomic mass is 10.2. The van der Waals surface area contributed by atoms with Gasteiger partial charge in [0.05, 0.1) is 4.92 Å². The van der Waals surface area contributed by atoms with Gasteiger partial charge in [0.15, 0.2) is 0 Å². The Morgan fingerprint density at radius 3 is 2.47 bits per heavy atom. The standard InChI is InChI=1S/C14H14N2O2S/c1-19-12-8-6-11(7-9-12)10-15-13-4-2-3-5-14(13)16(17)18/h2-9,15H,10H2,1H3. The molecule has 1 N–H and O–H groups in total. The Balaban J connectivity index is 2.07. The largest absolute Gasteiger partial charge is 0.375 e. The van der Waals surface area contributed by atoms with Gasteiger partial charge in [0.2, 0.25) is 0 Å². The molecule has 98 valence electrons. The van der Waals surface area contributed by atoms with Crippen molar-refractivity contribution in [2.45, 2.75) is 11.4 Å². The lowest BCUT2D eigenvalue weighted by Gasteiger charge is -2.07. The minimum absolute atomic E-state index is 0.100. The summed E-state index contributed by atoms with van der Waals surface area (Å²) in [6.45, 7) is 0.569. The molecule has 2 aromatic rings. The molecule has 2 aromatic carbocycles. The summed E-state index contributed by atoms with van der Waals surface area (Å²) in [5.41, 5.74) is 1.74. The average Bonchev–Trinajstić information content (AvgIpc) is 2.46. The summed E-state index contributed by atoms with van der Waals surface area (Å²) < 4.78 is 0. The van der Waals surface area contributed by atoms with Crippen molar-refractivity contribution in [1.82, 2.24) is 0 Å². The first kappa shape index (κ1) is 13.4. The highest BCUT2D eigenvalue weighted by molar-refractivity contribution is 7.98. The second kappa shape index (κ2) is 6.24. The van der Waals surface area contributed by atoms with E-state index in [-0.39, 0.29) is 10.6 Å². The molecule has 0 aromatic heterocycles. The zero-order chi connectivity index (χ0) is 13.7. The van der Waals surface area contributed by atoms with Crippen LogP contribution in [0.4, 0.5) is 11.4 Å². The molecule has 19 heavy (non-hydrogen) atoms. The second-order valence-electron chi connectivity index (χ2n) is 3.98. The third-order valence-electron chi connectivity index (χ3n) is 2.74. The molecule has 0 atom stereocenters. The quantitative estimate of drug-likeness (QED) is 0.510. The second-order valence-corrected chi connectivity index (χ2v) is 4.86. The molecule has 0 heterocycles. The van der Waals surface area contributed by atoms with Crippen LogP contribution in [0.5, 0.6) is 0 Å². The third-order valence-corrected chi connectivity index (χ3v) is 3.49. The first-order valence-corrected chi connectivity index (χ1v) is 7.03. The van der Waals surface area contributed by atoms with Crippen LogP contribution < -0.4 is 5.32 Å². The SMILES string of the molecule is CSc1ccc(CNc2ccccc2[N+](=O)[O-])cc1. The normalized spacial score (nSPS) is 10.2. The molecule has 0 aliphatic heterocycles. The van der Waals surface area contributed by atoms with Gasteiger partial charge in [0.25, 0.3) is 5.69 Å². The van der Waals surface area contributed by atoms with Crippen molar-refractivity contribution >= 4 is 23.1 Å². The molecule has 0 radical (unpaired) electrons. The number of nitro groups is 1. The summed E-state index contributed by atoms with van der Waals surface area (Å²) in [6, 6.07) is 14.8. The number of nitrogens with one attached hydrogen (secondary N) is 1. The van der Waals surface area contributed by atoms with E-state index in [9.17, 15) is 10.1 Å². The first-order chi connectivity index (χ1) is 9.20. The van der Waals surface area contributed by atoms with Crippen LogP contribution in [0.3, 0.4) is 0 Å². The summed E-state index contributed by atoms with van der Waals surface area (Å²) in [4.78, 5) is 11.7. The Morgan fingerprint density at radius 2 is 1.84 bits per heavy atom. The van der Waals surface area contributed by atoms with E-state index in [0.29, 0.717) is 12.2 Å². The maximum Gasteiger partial charge on any atom is 0.292 e. The Morgan fingerprint density at radius 1 is 1.16 bits per heavy atom. The maximum absolute atomic E-state index is 10.9. The van der Waals surface area contributed by atoms with Gasteiger partial charge in [-0.3, -0.25) is 10.1 Å². The van der Waals surface area contributed by atoms with Crippen LogP contribution in [0.25, 0.3) is 0 Å². The van der Waals surface area contributed by atoms with Crippen LogP contribution in [0.15, 0.2) is 53.4 Å². The summed E-state index contributed by atoms with van der Waals surface area (Å²) in [6.07, 6.45) is 2.03. The Bertz CT molecular complexity index is 570. The smallest absolute Gasteiger partial charge is 0.292 e. The van der Waals surface area contributed by atoms with Gasteiger partial charge in [-0.2, -0.15) is 0 Å². The maximum atomic E-state index is 10.9. The number of thioether (sulfide) groups is 1. The predicted octanol–water partition coefficient (Wildman–Crippen LogP) is 3.93. The van der Waals surface area contributed by atoms with Crippen molar-refractivity contribution in [3.8, 4) is 0 Å². The van der Waals surface area contributed by atoms with Gasteiger partial charge in [-0.25, -0.2) is 0 Å². The molecule has 0 unspecified atom stereocenters. The highest BCUT2D eigenvalue weighted by Crippen LogP contribution is 2.24. The highest BCUT2D eigenvalue weighted by Gasteiger charge is 2.11. The van der Waals surface area contributed by atoms with E-state index in [1.54, 1.807) is 30.0 Å². The zero-order valence-corrected chi connectivity index (χ0v) is 11.3. The molecule has 0 saturated carbocycles. The number of nitrogens with zero attached hydrogens (tertiary/aromatic N) is 1. The van der Waals surface area contributed by atoms with Crippen molar-refractivity contribution in [3.63, 3.8) is 0 Å². The van der Waals surface area contributed by atoms with Gasteiger partial charge in [-0.05, 0) is 30.0 Å². The van der Waals surface area contributed by atoms with Crippen molar-refractivity contribution < 1.29 is 4.92 Å². The van der Waals surface area contributed by atoms with E-state index in [2.05, 4.69) is 5.32 Å². The summed E-state index contributed by atoms with van der Waals surface area (Å²) in [7, 11) is 0. The third kappa shape index (κ3) is 3.48. The van der Waals surface area contributed by atoms with Crippen LogP contribution in [0.2, 0.25) is 0 Å². The molecule has 0 aliphatic rings. The van der Waals surface area contributed by atoms with Crippen LogP contribution in [-0.2, 0) is 6.54 Å². The lowest BCUT2D eigenvalue weighted by Crippen LogP contribution is -2.02. The molecule has 0 aliphatic carbocycles. The number of hydrogen-bond donors (Lipinski definition) is 1. The lowest BCUT2D eigenvalue weighted by molar-refractivity contribution is -0.384. The van der Waals surface area contributed by atoms with Gasteiger partial charge in [-0.1, -0.05) is 24.3 Å². The summed E-state index contributed by atoms with van der Waals surface area (Å²) >= 11 is 1.69. The van der Waals surface area contributed by atoms with E-state index in [1.165, 1.54) is 11.0 Å². The number of nitro benzene ring substituents is 1. The van der Waals surface area contributed by atoms with Crippen LogP contribution in [-0.4, -0.2) is 11.2 Å². The van der Waals surface area contributed by atoms with Gasteiger partial charge in [-0.15, -0.1) is 11.8 Å². The highest BCUT2D eigenvalue weighted by atomic mass is 32.2. The molecule has 0 fully saturated rings. The molecule has 5 heteroatoms. The van der Waals surface area contributed by atoms with Crippen molar-refractivity contribution in [2.75, 3.05) is 11.6 Å². The van der Waals surface area contributed by atoms with Crippen molar-refractivity contribution in [3.05, 3.63) is 64.2 Å². The van der Waals surface area contributed by atoms with Crippen molar-refractivity contribution in [1.29, 1.82) is 0 Å². The van der Waals surface area contributed by atoms with Crippen LogP contribution >= 0.6 is 11.8 Å². The van der Waals surface area contributed by atoms with E-state index < -0.39 is 0 Å². The monoisotopic (exact) mass is 274 g/mol. The topological polar surface area (TPSA) is 55.2 Å². The fourth-order valence-corrected chi connectivity index (χ4v) is 2.13. The fraction of sp³-hybridized carbons (Fsp3) is 0.143. The first-order valence-electron chi connectivity index (χ1n) is 5.81. The minimum atomic E-state index is -0.376. The number of rotatable bonds is 5. The average molecular weight is 274 g/mol. The molecule has 0 bridgehead atoms. The number of hydrogen-bond acceptors (Lipinski definition) is 4. The number of benzene rings is 2. The minimum Gasteiger partial charge on any atom is -0.375 e. The molecular weight excluding hydrogens is 260 g/mol. The Hall–Kier alpha value is -2.01. The van der Waals surface area contributed by atoms with Gasteiger partial charge in [0, 0.05) is 17.5 Å². The van der Waals surface area contributed by atoms with Gasteiger partial charge in [0.1, 0.15) is 5.69 Å². The molecular formula is C14H14N2O2S. The molecule has 2 rings (SSSR count). The van der Waals surface area contributed by atoms with Crippen LogP contribution in [0.1, 0.15) is 5.56 Å². The number of anilines is 1. The van der Waals surface area contributed by atoms with Gasteiger partial charge >= 0.3 is 0 Å². The number of para-hydroxylation sites is 2. The molecule has 0 amide bonds. The summed E-state index contributed by atoms with van der Waals surface area (Å²) in [5.74, 6) is 0. The van der Waals surface area contributed by atoms with Crippen molar-refractivity contribution in [2.24, 2.45) is 0 Å². The van der Waals surface area contributed by atoms with E-state index >= 15 is 0 Å².